The van der Waals surface area contributed by atoms with Crippen molar-refractivity contribution in [2.75, 3.05) is 5.75 Å². The molecular formula is C28H32FN3O2S. The van der Waals surface area contributed by atoms with Gasteiger partial charge in [0.2, 0.25) is 0 Å². The quantitative estimate of drug-likeness (QED) is 0.237. The lowest BCUT2D eigenvalue weighted by Gasteiger charge is -2.30. The van der Waals surface area contributed by atoms with E-state index in [0.717, 1.165) is 23.4 Å². The van der Waals surface area contributed by atoms with E-state index in [2.05, 4.69) is 28.6 Å². The lowest BCUT2D eigenvalue weighted by atomic mass is 9.84. The number of carbonyl (C=O) groups excluding carboxylic acids is 1. The van der Waals surface area contributed by atoms with E-state index in [1.807, 2.05) is 24.3 Å². The van der Waals surface area contributed by atoms with Crippen molar-refractivity contribution in [2.24, 2.45) is 17.8 Å². The van der Waals surface area contributed by atoms with Crippen LogP contribution in [0.15, 0.2) is 53.7 Å². The Bertz CT molecular complexity index is 1180. The van der Waals surface area contributed by atoms with Crippen LogP contribution < -0.4 is 4.74 Å². The third-order valence-corrected chi connectivity index (χ3v) is 8.71. The van der Waals surface area contributed by atoms with Gasteiger partial charge in [0.1, 0.15) is 6.61 Å². The van der Waals surface area contributed by atoms with Gasteiger partial charge in [-0.25, -0.2) is 4.39 Å². The van der Waals surface area contributed by atoms with Gasteiger partial charge in [-0.1, -0.05) is 61.5 Å². The number of fused-ring (bicyclic) bond motifs is 2. The van der Waals surface area contributed by atoms with Crippen LogP contribution in [0.4, 0.5) is 4.39 Å². The van der Waals surface area contributed by atoms with Gasteiger partial charge in [-0.2, -0.15) is 0 Å². The summed E-state index contributed by atoms with van der Waals surface area (Å²) in [7, 11) is 0. The lowest BCUT2D eigenvalue weighted by molar-refractivity contribution is 0.102. The van der Waals surface area contributed by atoms with Crippen LogP contribution in [0.5, 0.6) is 5.75 Å². The molecule has 1 aromatic heterocycles. The first-order chi connectivity index (χ1) is 17.0. The van der Waals surface area contributed by atoms with Gasteiger partial charge in [0, 0.05) is 11.6 Å². The first-order valence-electron chi connectivity index (χ1n) is 12.6. The topological polar surface area (TPSA) is 57.0 Å². The molecule has 2 aliphatic carbocycles. The summed E-state index contributed by atoms with van der Waals surface area (Å²) in [5.41, 5.74) is 1.93. The number of thioether (sulfide) groups is 1. The lowest BCUT2D eigenvalue weighted by Crippen LogP contribution is -2.24. The van der Waals surface area contributed by atoms with E-state index < -0.39 is 5.82 Å². The van der Waals surface area contributed by atoms with Crippen LogP contribution in [0.25, 0.3) is 0 Å². The van der Waals surface area contributed by atoms with Gasteiger partial charge in [0.25, 0.3) is 0 Å². The van der Waals surface area contributed by atoms with Crippen molar-refractivity contribution in [3.05, 3.63) is 71.3 Å². The Balaban J connectivity index is 1.35. The van der Waals surface area contributed by atoms with Crippen molar-refractivity contribution in [1.29, 1.82) is 0 Å². The summed E-state index contributed by atoms with van der Waals surface area (Å²) in [5.74, 6) is 2.97. The highest BCUT2D eigenvalue weighted by atomic mass is 32.2. The summed E-state index contributed by atoms with van der Waals surface area (Å²) in [4.78, 5) is 12.9. The first-order valence-corrected chi connectivity index (χ1v) is 13.6. The minimum Gasteiger partial charge on any atom is -0.483 e. The number of ether oxygens (including phenoxy) is 1. The number of benzene rings is 2. The van der Waals surface area contributed by atoms with E-state index in [9.17, 15) is 9.18 Å². The van der Waals surface area contributed by atoms with Crippen LogP contribution in [-0.2, 0) is 13.0 Å². The molecule has 7 heteroatoms. The highest BCUT2D eigenvalue weighted by Crippen LogP contribution is 2.52. The molecule has 3 aromatic rings. The zero-order valence-electron chi connectivity index (χ0n) is 20.3. The number of nitrogens with zero attached hydrogens (tertiary/aromatic N) is 3. The molecule has 2 bridgehead atoms. The maximum absolute atomic E-state index is 14.1. The maximum atomic E-state index is 14.1. The summed E-state index contributed by atoms with van der Waals surface area (Å²) in [6, 6.07) is 14.4. The Hall–Kier alpha value is -2.67. The number of para-hydroxylation sites is 1. The number of aromatic nitrogens is 3. The molecule has 2 aliphatic rings. The summed E-state index contributed by atoms with van der Waals surface area (Å²) in [6.45, 7) is 4.47. The van der Waals surface area contributed by atoms with Crippen molar-refractivity contribution in [2.45, 2.75) is 63.8 Å². The molecule has 5 nitrogen and oxygen atoms in total. The average molecular weight is 494 g/mol. The molecule has 2 aromatic carbocycles. The number of rotatable bonds is 10. The smallest absolute Gasteiger partial charge is 0.192 e. The summed E-state index contributed by atoms with van der Waals surface area (Å²) < 4.78 is 22.1. The average Bonchev–Trinajstić information content (AvgIpc) is 3.62. The fourth-order valence-electron chi connectivity index (χ4n) is 5.83. The molecular weight excluding hydrogens is 461 g/mol. The fraction of sp³-hybridized carbons (Fsp3) is 0.464. The van der Waals surface area contributed by atoms with E-state index >= 15 is 0 Å². The number of carbonyl (C=O) groups is 1. The van der Waals surface area contributed by atoms with Gasteiger partial charge in [-0.3, -0.25) is 9.36 Å². The predicted octanol–water partition coefficient (Wildman–Crippen LogP) is 6.53. The maximum Gasteiger partial charge on any atom is 0.192 e. The van der Waals surface area contributed by atoms with Crippen molar-refractivity contribution in [3.63, 3.8) is 0 Å². The molecule has 0 aliphatic heterocycles. The van der Waals surface area contributed by atoms with E-state index in [-0.39, 0.29) is 24.2 Å². The van der Waals surface area contributed by atoms with Gasteiger partial charge in [-0.05, 0) is 68.1 Å². The number of aryl methyl sites for hydroxylation is 1. The zero-order valence-corrected chi connectivity index (χ0v) is 21.1. The first kappa shape index (κ1) is 24.0. The fourth-order valence-corrected chi connectivity index (χ4v) is 6.77. The zero-order chi connectivity index (χ0) is 24.4. The van der Waals surface area contributed by atoms with Crippen LogP contribution in [-0.4, -0.2) is 26.3 Å². The van der Waals surface area contributed by atoms with Crippen molar-refractivity contribution >= 4 is 17.5 Å². The largest absolute Gasteiger partial charge is 0.483 e. The standard InChI is InChI=1S/C28H32FN3O2S/c1-3-19-8-11-21(12-9-19)25(33)17-35-28-31-30-27(16-34-26-7-5-4-6-24(26)29)32(28)18(2)23-15-20-10-13-22(23)14-20/h4-9,11-12,18,20,22-23H,3,10,13-17H2,1-2H3/t18-,20+,22+,23+/m1/s1. The summed E-state index contributed by atoms with van der Waals surface area (Å²) in [6.07, 6.45) is 6.12. The monoisotopic (exact) mass is 493 g/mol. The molecule has 2 saturated carbocycles. The van der Waals surface area contributed by atoms with Crippen molar-refractivity contribution < 1.29 is 13.9 Å². The van der Waals surface area contributed by atoms with Crippen LogP contribution in [0, 0.1) is 23.6 Å². The van der Waals surface area contributed by atoms with E-state index in [1.165, 1.54) is 49.1 Å². The molecule has 0 unspecified atom stereocenters. The second-order valence-corrected chi connectivity index (χ2v) is 10.8. The number of ketones is 1. The Kier molecular flexibility index (Phi) is 7.23. The van der Waals surface area contributed by atoms with Crippen LogP contribution >= 0.6 is 11.8 Å². The molecule has 2 fully saturated rings. The van der Waals surface area contributed by atoms with E-state index in [1.54, 1.807) is 18.2 Å². The Morgan fingerprint density at radius 1 is 1.14 bits per heavy atom. The van der Waals surface area contributed by atoms with E-state index in [4.69, 9.17) is 4.74 Å². The number of hydrogen-bond acceptors (Lipinski definition) is 5. The third kappa shape index (κ3) is 5.15. The molecule has 0 saturated heterocycles. The van der Waals surface area contributed by atoms with Gasteiger partial charge in [-0.15, -0.1) is 10.2 Å². The van der Waals surface area contributed by atoms with Gasteiger partial charge in [0.05, 0.1) is 5.75 Å². The normalized spacial score (nSPS) is 21.9. The molecule has 0 spiro atoms. The molecule has 0 N–H and O–H groups in total. The molecule has 35 heavy (non-hydrogen) atoms. The number of halogens is 1. The van der Waals surface area contributed by atoms with Crippen LogP contribution in [0.3, 0.4) is 0 Å². The highest BCUT2D eigenvalue weighted by molar-refractivity contribution is 7.99. The minimum absolute atomic E-state index is 0.0731. The third-order valence-electron chi connectivity index (χ3n) is 7.76. The number of Topliss-reactive ketones (excluding diaryl/α,β-unsaturated/α-hetero) is 1. The molecule has 5 rings (SSSR count). The summed E-state index contributed by atoms with van der Waals surface area (Å²) in [5, 5.41) is 9.60. The second kappa shape index (κ2) is 10.5. The molecule has 0 amide bonds. The highest BCUT2D eigenvalue weighted by Gasteiger charge is 2.43. The van der Waals surface area contributed by atoms with Gasteiger partial charge >= 0.3 is 0 Å². The molecule has 1 heterocycles. The Morgan fingerprint density at radius 3 is 2.63 bits per heavy atom. The van der Waals surface area contributed by atoms with Crippen molar-refractivity contribution in [3.8, 4) is 5.75 Å². The van der Waals surface area contributed by atoms with Gasteiger partial charge < -0.3 is 4.74 Å². The Morgan fingerprint density at radius 2 is 1.94 bits per heavy atom. The molecule has 4 atom stereocenters. The van der Waals surface area contributed by atoms with Gasteiger partial charge in [0.15, 0.2) is 28.3 Å². The van der Waals surface area contributed by atoms with Crippen LogP contribution in [0.1, 0.15) is 67.3 Å². The van der Waals surface area contributed by atoms with Crippen molar-refractivity contribution in [1.82, 2.24) is 14.8 Å². The number of hydrogen-bond donors (Lipinski definition) is 0. The second-order valence-electron chi connectivity index (χ2n) is 9.83. The van der Waals surface area contributed by atoms with E-state index in [0.29, 0.717) is 23.1 Å². The minimum atomic E-state index is -0.394. The predicted molar refractivity (Wildman–Crippen MR) is 135 cm³/mol. The SMILES string of the molecule is CCc1ccc(C(=O)CSc2nnc(COc3ccccc3F)n2[C@H](C)[C@@H]2C[C@H]3CC[C@H]2C3)cc1. The molecule has 0 radical (unpaired) electrons. The molecule has 184 valence electrons. The summed E-state index contributed by atoms with van der Waals surface area (Å²) >= 11 is 1.42. The van der Waals surface area contributed by atoms with Crippen LogP contribution in [0.2, 0.25) is 0 Å². The Labute approximate surface area is 210 Å².